The summed E-state index contributed by atoms with van der Waals surface area (Å²) in [4.78, 5) is 38.9. The summed E-state index contributed by atoms with van der Waals surface area (Å²) in [6.07, 6.45) is 0.994. The molecule has 10 heteroatoms. The van der Waals surface area contributed by atoms with Crippen LogP contribution < -0.4 is 5.43 Å². The summed E-state index contributed by atoms with van der Waals surface area (Å²) in [5, 5.41) is 19.9. The van der Waals surface area contributed by atoms with Gasteiger partial charge in [-0.2, -0.15) is 10.2 Å². The highest BCUT2D eigenvalue weighted by Gasteiger charge is 2.39. The number of aromatic nitrogens is 4. The Labute approximate surface area is 193 Å². The second-order valence-electron chi connectivity index (χ2n) is 8.06. The molecule has 0 radical (unpaired) electrons. The Balaban J connectivity index is 1.81. The molecule has 0 spiro atoms. The maximum atomic E-state index is 12.9. The smallest absolute Gasteiger partial charge is 0.359 e. The zero-order valence-corrected chi connectivity index (χ0v) is 18.5. The van der Waals surface area contributed by atoms with Crippen LogP contribution in [0.5, 0.6) is 5.75 Å². The molecule has 34 heavy (non-hydrogen) atoms. The lowest BCUT2D eigenvalue weighted by Gasteiger charge is -2.37. The van der Waals surface area contributed by atoms with Gasteiger partial charge in [0.2, 0.25) is 5.43 Å². The van der Waals surface area contributed by atoms with Crippen LogP contribution in [0, 0.1) is 0 Å². The highest BCUT2D eigenvalue weighted by molar-refractivity contribution is 6.02. The van der Waals surface area contributed by atoms with Gasteiger partial charge in [0.1, 0.15) is 6.04 Å². The molecular formula is C24H21N5O5. The molecule has 4 aromatic rings. The lowest BCUT2D eigenvalue weighted by molar-refractivity contribution is 0.0594. The number of nitrogens with zero attached hydrogens (tertiary/aromatic N) is 5. The summed E-state index contributed by atoms with van der Waals surface area (Å²) in [5.41, 5.74) is 0.767. The minimum atomic E-state index is -0.734. The Hall–Kier alpha value is -4.47. The summed E-state index contributed by atoms with van der Waals surface area (Å²) in [6.45, 7) is 0.225. The number of fused-ring (bicyclic) bond motifs is 2. The highest BCUT2D eigenvalue weighted by atomic mass is 16.5. The molecule has 0 saturated heterocycles. The van der Waals surface area contributed by atoms with Crippen LogP contribution in [0.25, 0.3) is 10.9 Å². The molecule has 172 valence electrons. The van der Waals surface area contributed by atoms with Crippen molar-refractivity contribution in [3.05, 3.63) is 88.0 Å². The van der Waals surface area contributed by atoms with Gasteiger partial charge in [-0.25, -0.2) is 9.48 Å². The quantitative estimate of drug-likeness (QED) is 0.464. The molecule has 5 rings (SSSR count). The number of hydrogen-bond acceptors (Lipinski definition) is 7. The number of benzene rings is 2. The van der Waals surface area contributed by atoms with E-state index >= 15 is 0 Å². The molecule has 2 unspecified atom stereocenters. The number of aromatic hydroxyl groups is 1. The van der Waals surface area contributed by atoms with Crippen LogP contribution >= 0.6 is 0 Å². The minimum Gasteiger partial charge on any atom is -0.502 e. The third kappa shape index (κ3) is 3.22. The van der Waals surface area contributed by atoms with Crippen molar-refractivity contribution in [2.75, 3.05) is 20.7 Å². The van der Waals surface area contributed by atoms with Crippen LogP contribution in [0.1, 0.15) is 38.6 Å². The van der Waals surface area contributed by atoms with E-state index in [0.717, 1.165) is 11.8 Å². The molecule has 0 fully saturated rings. The standard InChI is InChI=1S/C24H21N5O5/c1-27-13-17(28-21(23(27)32)22(31)18(30)12-25-28)20(14-8-4-3-5-9-14)29-16-11-7-6-10-15(16)19(26-29)24(33)34-2/h3-12,17,20,31H,13H2,1-2H3. The second kappa shape index (κ2) is 8.14. The van der Waals surface area contributed by atoms with Crippen LogP contribution in [-0.2, 0) is 4.74 Å². The molecule has 2 atom stereocenters. The van der Waals surface area contributed by atoms with Crippen molar-refractivity contribution < 1.29 is 19.4 Å². The van der Waals surface area contributed by atoms with Crippen molar-refractivity contribution in [3.8, 4) is 5.75 Å². The molecule has 0 bridgehead atoms. The Morgan fingerprint density at radius 1 is 1.12 bits per heavy atom. The Bertz CT molecular complexity index is 1480. The lowest BCUT2D eigenvalue weighted by atomic mass is 9.96. The Kier molecular flexibility index (Phi) is 5.12. The van der Waals surface area contributed by atoms with Crippen LogP contribution in [0.3, 0.4) is 0 Å². The molecule has 1 N–H and O–H groups in total. The fraction of sp³-hybridized carbons (Fsp3) is 0.208. The largest absolute Gasteiger partial charge is 0.502 e. The molecule has 1 aliphatic rings. The number of ether oxygens (including phenoxy) is 1. The van der Waals surface area contributed by atoms with E-state index in [9.17, 15) is 19.5 Å². The number of rotatable bonds is 4. The first-order chi connectivity index (χ1) is 16.4. The van der Waals surface area contributed by atoms with Gasteiger partial charge in [-0.15, -0.1) is 0 Å². The molecule has 10 nitrogen and oxygen atoms in total. The number of carbonyl (C=O) groups is 2. The summed E-state index contributed by atoms with van der Waals surface area (Å²) in [6, 6.07) is 15.7. The molecule has 0 saturated carbocycles. The van der Waals surface area contributed by atoms with Crippen molar-refractivity contribution >= 4 is 22.8 Å². The zero-order chi connectivity index (χ0) is 24.0. The van der Waals surface area contributed by atoms with Gasteiger partial charge in [-0.3, -0.25) is 14.3 Å². The maximum Gasteiger partial charge on any atom is 0.359 e. The first kappa shape index (κ1) is 21.4. The van der Waals surface area contributed by atoms with Gasteiger partial charge >= 0.3 is 5.97 Å². The van der Waals surface area contributed by atoms with Crippen molar-refractivity contribution in [1.82, 2.24) is 24.5 Å². The van der Waals surface area contributed by atoms with Crippen molar-refractivity contribution in [1.29, 1.82) is 0 Å². The average Bonchev–Trinajstić information content (AvgIpc) is 3.24. The highest BCUT2D eigenvalue weighted by Crippen LogP contribution is 2.37. The monoisotopic (exact) mass is 459 g/mol. The minimum absolute atomic E-state index is 0.162. The molecular weight excluding hydrogens is 438 g/mol. The first-order valence-corrected chi connectivity index (χ1v) is 10.6. The Morgan fingerprint density at radius 3 is 2.56 bits per heavy atom. The summed E-state index contributed by atoms with van der Waals surface area (Å²) in [5.74, 6) is -1.73. The van der Waals surface area contributed by atoms with Gasteiger partial charge in [0.05, 0.1) is 24.9 Å². The first-order valence-electron chi connectivity index (χ1n) is 10.6. The maximum absolute atomic E-state index is 12.9. The number of amides is 1. The van der Waals surface area contributed by atoms with E-state index in [-0.39, 0.29) is 17.9 Å². The molecule has 2 aromatic carbocycles. The van der Waals surface area contributed by atoms with E-state index in [2.05, 4.69) is 10.2 Å². The van der Waals surface area contributed by atoms with E-state index < -0.39 is 35.1 Å². The van der Waals surface area contributed by atoms with E-state index in [0.29, 0.717) is 10.9 Å². The molecule has 2 aromatic heterocycles. The predicted molar refractivity (Wildman–Crippen MR) is 122 cm³/mol. The molecule has 1 aliphatic heterocycles. The average molecular weight is 459 g/mol. The number of hydrogen-bond donors (Lipinski definition) is 1. The second-order valence-corrected chi connectivity index (χ2v) is 8.06. The normalized spacial score (nSPS) is 16.4. The fourth-order valence-corrected chi connectivity index (χ4v) is 4.49. The molecule has 3 heterocycles. The fourth-order valence-electron chi connectivity index (χ4n) is 4.49. The summed E-state index contributed by atoms with van der Waals surface area (Å²) < 4.78 is 8.05. The number of esters is 1. The predicted octanol–water partition coefficient (Wildman–Crippen LogP) is 2.00. The van der Waals surface area contributed by atoms with E-state index in [4.69, 9.17) is 4.74 Å². The molecule has 1 amide bonds. The number of methoxy groups -OCH3 is 1. The lowest BCUT2D eigenvalue weighted by Crippen LogP contribution is -2.46. The number of para-hydroxylation sites is 1. The van der Waals surface area contributed by atoms with Gasteiger partial charge in [-0.1, -0.05) is 48.5 Å². The molecule has 0 aliphatic carbocycles. The van der Waals surface area contributed by atoms with Crippen LogP contribution in [0.2, 0.25) is 0 Å². The van der Waals surface area contributed by atoms with Gasteiger partial charge in [0, 0.05) is 19.0 Å². The third-order valence-electron chi connectivity index (χ3n) is 6.07. The van der Waals surface area contributed by atoms with Crippen LogP contribution in [-0.4, -0.2) is 62.1 Å². The van der Waals surface area contributed by atoms with E-state index in [1.165, 1.54) is 16.7 Å². The van der Waals surface area contributed by atoms with Crippen molar-refractivity contribution in [3.63, 3.8) is 0 Å². The van der Waals surface area contributed by atoms with E-state index in [1.54, 1.807) is 17.8 Å². The van der Waals surface area contributed by atoms with Gasteiger partial charge < -0.3 is 14.7 Å². The summed E-state index contributed by atoms with van der Waals surface area (Å²) in [7, 11) is 2.89. The third-order valence-corrected chi connectivity index (χ3v) is 6.07. The van der Waals surface area contributed by atoms with E-state index in [1.807, 2.05) is 48.5 Å². The van der Waals surface area contributed by atoms with Gasteiger partial charge in [0.25, 0.3) is 5.91 Å². The number of likely N-dealkylation sites (N-methyl/N-ethyl adjacent to an activating group) is 1. The van der Waals surface area contributed by atoms with Crippen molar-refractivity contribution in [2.24, 2.45) is 0 Å². The topological polar surface area (TPSA) is 120 Å². The zero-order valence-electron chi connectivity index (χ0n) is 18.5. The Morgan fingerprint density at radius 2 is 1.82 bits per heavy atom. The van der Waals surface area contributed by atoms with Gasteiger partial charge in [-0.05, 0) is 11.6 Å². The SMILES string of the molecule is COC(=O)c1nn(C(c2ccccc2)C2CN(C)C(=O)c3c(O)c(=O)cnn32)c2ccccc12. The number of carbonyl (C=O) groups excluding carboxylic acids is 2. The van der Waals surface area contributed by atoms with Crippen molar-refractivity contribution in [2.45, 2.75) is 12.1 Å². The van der Waals surface area contributed by atoms with Gasteiger partial charge in [0.15, 0.2) is 17.1 Å². The van der Waals surface area contributed by atoms with Crippen LogP contribution in [0.15, 0.2) is 65.6 Å². The van der Waals surface area contributed by atoms with Crippen LogP contribution in [0.4, 0.5) is 0 Å². The summed E-state index contributed by atoms with van der Waals surface area (Å²) >= 11 is 0.